The molecule has 0 aliphatic heterocycles. The van der Waals surface area contributed by atoms with Crippen LogP contribution in [0.4, 0.5) is 0 Å². The molecule has 0 fully saturated rings. The molecule has 0 amide bonds. The largest absolute Gasteiger partial charge is 0.507 e. The number of benzene rings is 1. The summed E-state index contributed by atoms with van der Waals surface area (Å²) in [5, 5.41) is 18.8. The zero-order chi connectivity index (χ0) is 13.2. The third kappa shape index (κ3) is 3.08. The Labute approximate surface area is 108 Å². The monoisotopic (exact) mass is 299 g/mol. The van der Waals surface area contributed by atoms with Gasteiger partial charge >= 0.3 is 5.97 Å². The van der Waals surface area contributed by atoms with Gasteiger partial charge < -0.3 is 15.9 Å². The second-order valence-electron chi connectivity index (χ2n) is 3.93. The Bertz CT molecular complexity index is 471. The van der Waals surface area contributed by atoms with Crippen LogP contribution in [0.1, 0.15) is 35.3 Å². The maximum Gasteiger partial charge on any atom is 0.339 e. The molecule has 0 heterocycles. The Morgan fingerprint density at radius 3 is 2.65 bits per heavy atom. The second kappa shape index (κ2) is 5.33. The summed E-state index contributed by atoms with van der Waals surface area (Å²) >= 11 is 3.26. The van der Waals surface area contributed by atoms with E-state index < -0.39 is 12.0 Å². The second-order valence-corrected chi connectivity index (χ2v) is 4.78. The Kier molecular flexibility index (Phi) is 4.31. The quantitative estimate of drug-likeness (QED) is 0.747. The molecule has 5 heteroatoms. The van der Waals surface area contributed by atoms with Crippen molar-refractivity contribution in [2.75, 3.05) is 0 Å². The molecule has 0 aromatic heterocycles. The van der Waals surface area contributed by atoms with Crippen molar-refractivity contribution in [3.63, 3.8) is 0 Å². The smallest absolute Gasteiger partial charge is 0.339 e. The minimum atomic E-state index is -1.18. The Hall–Kier alpha value is -1.33. The van der Waals surface area contributed by atoms with Gasteiger partial charge in [-0.15, -0.1) is 6.58 Å². The molecule has 0 spiro atoms. The molecule has 4 nitrogen and oxygen atoms in total. The molecule has 0 bridgehead atoms. The average Bonchev–Trinajstić information content (AvgIpc) is 2.15. The van der Waals surface area contributed by atoms with Crippen LogP contribution in [0.3, 0.4) is 0 Å². The first-order valence-electron chi connectivity index (χ1n) is 4.99. The van der Waals surface area contributed by atoms with Crippen molar-refractivity contribution < 1.29 is 15.0 Å². The van der Waals surface area contributed by atoms with Crippen molar-refractivity contribution in [1.29, 1.82) is 0 Å². The van der Waals surface area contributed by atoms with Gasteiger partial charge in [0.25, 0.3) is 0 Å². The molecule has 0 aliphatic carbocycles. The lowest BCUT2D eigenvalue weighted by Gasteiger charge is -2.16. The normalized spacial score (nSPS) is 12.2. The molecule has 92 valence electrons. The number of hydrogen-bond donors (Lipinski definition) is 3. The highest BCUT2D eigenvalue weighted by Gasteiger charge is 2.20. The lowest BCUT2D eigenvalue weighted by atomic mass is 9.98. The number of phenols is 1. The molecule has 0 aliphatic rings. The van der Waals surface area contributed by atoms with E-state index in [1.165, 1.54) is 6.07 Å². The number of rotatable bonds is 4. The van der Waals surface area contributed by atoms with Gasteiger partial charge in [-0.05, 0) is 25.5 Å². The van der Waals surface area contributed by atoms with Gasteiger partial charge in [-0.2, -0.15) is 0 Å². The summed E-state index contributed by atoms with van der Waals surface area (Å²) < 4.78 is 0.591. The fourth-order valence-corrected chi connectivity index (χ4v) is 2.20. The van der Waals surface area contributed by atoms with E-state index in [0.29, 0.717) is 16.5 Å². The predicted molar refractivity (Wildman–Crippen MR) is 69.1 cm³/mol. The van der Waals surface area contributed by atoms with Crippen LogP contribution in [0.5, 0.6) is 5.75 Å². The summed E-state index contributed by atoms with van der Waals surface area (Å²) in [6.07, 6.45) is 0.481. The highest BCUT2D eigenvalue weighted by Crippen LogP contribution is 2.35. The lowest BCUT2D eigenvalue weighted by molar-refractivity contribution is 0.0693. The zero-order valence-electron chi connectivity index (χ0n) is 9.40. The summed E-state index contributed by atoms with van der Waals surface area (Å²) in [6.45, 7) is 5.57. The summed E-state index contributed by atoms with van der Waals surface area (Å²) in [7, 11) is 0. The van der Waals surface area contributed by atoms with Crippen LogP contribution in [0.15, 0.2) is 28.8 Å². The molecule has 4 N–H and O–H groups in total. The highest BCUT2D eigenvalue weighted by molar-refractivity contribution is 9.10. The molecule has 1 aromatic carbocycles. The molecule has 0 saturated carbocycles. The van der Waals surface area contributed by atoms with Gasteiger partial charge in [-0.1, -0.05) is 21.5 Å². The van der Waals surface area contributed by atoms with Gasteiger partial charge in [0.15, 0.2) is 0 Å². The van der Waals surface area contributed by atoms with Gasteiger partial charge in [-0.25, -0.2) is 4.79 Å². The highest BCUT2D eigenvalue weighted by atomic mass is 79.9. The van der Waals surface area contributed by atoms with Crippen molar-refractivity contribution in [1.82, 2.24) is 0 Å². The van der Waals surface area contributed by atoms with Crippen LogP contribution >= 0.6 is 15.9 Å². The summed E-state index contributed by atoms with van der Waals surface area (Å²) in [6, 6.07) is 2.41. The molecule has 0 radical (unpaired) electrons. The number of hydrogen-bond acceptors (Lipinski definition) is 3. The predicted octanol–water partition coefficient (Wildman–Crippen LogP) is 2.82. The minimum absolute atomic E-state index is 0.152. The van der Waals surface area contributed by atoms with Gasteiger partial charge in [0, 0.05) is 16.1 Å². The average molecular weight is 300 g/mol. The van der Waals surface area contributed by atoms with Crippen LogP contribution in [0.2, 0.25) is 0 Å². The standard InChI is InChI=1S/C12H14BrNO3/c1-6(2)5-9(14)10-8(13)4-3-7(11(10)15)12(16)17/h3-4,9,15H,1,5,14H2,2H3,(H,16,17)/t9-/m0/s1. The third-order valence-electron chi connectivity index (χ3n) is 2.33. The molecule has 1 rings (SSSR count). The van der Waals surface area contributed by atoms with Crippen molar-refractivity contribution in [2.24, 2.45) is 5.73 Å². The van der Waals surface area contributed by atoms with Crippen molar-refractivity contribution in [3.8, 4) is 5.75 Å². The first-order chi connectivity index (χ1) is 7.84. The van der Waals surface area contributed by atoms with E-state index in [1.807, 2.05) is 6.92 Å². The number of aromatic hydroxyl groups is 1. The Balaban J connectivity index is 3.26. The summed E-state index contributed by atoms with van der Waals surface area (Å²) in [5.41, 5.74) is 7.03. The first kappa shape index (κ1) is 13.7. The van der Waals surface area contributed by atoms with E-state index in [-0.39, 0.29) is 11.3 Å². The van der Waals surface area contributed by atoms with Crippen molar-refractivity contribution in [3.05, 3.63) is 39.9 Å². The molecule has 17 heavy (non-hydrogen) atoms. The fourth-order valence-electron chi connectivity index (χ4n) is 1.59. The van der Waals surface area contributed by atoms with Gasteiger partial charge in [0.05, 0.1) is 0 Å². The molecule has 1 atom stereocenters. The van der Waals surface area contributed by atoms with Crippen molar-refractivity contribution >= 4 is 21.9 Å². The number of aromatic carboxylic acids is 1. The van der Waals surface area contributed by atoms with E-state index in [4.69, 9.17) is 10.8 Å². The Morgan fingerprint density at radius 2 is 2.18 bits per heavy atom. The third-order valence-corrected chi connectivity index (χ3v) is 3.02. The van der Waals surface area contributed by atoms with E-state index in [0.717, 1.165) is 5.57 Å². The van der Waals surface area contributed by atoms with Crippen LogP contribution in [0.25, 0.3) is 0 Å². The molecule has 0 saturated heterocycles. The topological polar surface area (TPSA) is 83.6 Å². The number of carbonyl (C=O) groups is 1. The van der Waals surface area contributed by atoms with Crippen LogP contribution in [0, 0.1) is 0 Å². The molecule has 1 aromatic rings. The number of nitrogens with two attached hydrogens (primary N) is 1. The minimum Gasteiger partial charge on any atom is -0.507 e. The maximum atomic E-state index is 10.9. The fraction of sp³-hybridized carbons (Fsp3) is 0.250. The summed E-state index contributed by atoms with van der Waals surface area (Å²) in [5.74, 6) is -1.47. The molecular weight excluding hydrogens is 286 g/mol. The van der Waals surface area contributed by atoms with Crippen LogP contribution < -0.4 is 5.73 Å². The molecule has 0 unspecified atom stereocenters. The number of carboxylic acid groups (broad SMARTS) is 1. The SMILES string of the molecule is C=C(C)C[C@H](N)c1c(Br)ccc(C(=O)O)c1O. The van der Waals surface area contributed by atoms with Crippen LogP contribution in [-0.4, -0.2) is 16.2 Å². The van der Waals surface area contributed by atoms with Gasteiger partial charge in [-0.3, -0.25) is 0 Å². The molecular formula is C12H14BrNO3. The zero-order valence-corrected chi connectivity index (χ0v) is 11.0. The summed E-state index contributed by atoms with van der Waals surface area (Å²) in [4.78, 5) is 10.9. The first-order valence-corrected chi connectivity index (χ1v) is 5.78. The van der Waals surface area contributed by atoms with Gasteiger partial charge in [0.2, 0.25) is 0 Å². The maximum absolute atomic E-state index is 10.9. The van der Waals surface area contributed by atoms with E-state index in [2.05, 4.69) is 22.5 Å². The van der Waals surface area contributed by atoms with Crippen LogP contribution in [-0.2, 0) is 0 Å². The van der Waals surface area contributed by atoms with E-state index in [9.17, 15) is 9.90 Å². The van der Waals surface area contributed by atoms with E-state index >= 15 is 0 Å². The number of carboxylic acids is 1. The van der Waals surface area contributed by atoms with E-state index in [1.54, 1.807) is 6.07 Å². The Morgan fingerprint density at radius 1 is 1.59 bits per heavy atom. The van der Waals surface area contributed by atoms with Crippen molar-refractivity contribution in [2.45, 2.75) is 19.4 Å². The number of halogens is 1. The lowest BCUT2D eigenvalue weighted by Crippen LogP contribution is -2.13. The van der Waals surface area contributed by atoms with Gasteiger partial charge in [0.1, 0.15) is 11.3 Å².